The quantitative estimate of drug-likeness (QED) is 0.460. The first-order chi connectivity index (χ1) is 3.27. The van der Waals surface area contributed by atoms with Crippen molar-refractivity contribution in [1.82, 2.24) is 0 Å². The monoisotopic (exact) mass is 178 g/mol. The van der Waals surface area contributed by atoms with E-state index < -0.39 is 6.63 Å². The van der Waals surface area contributed by atoms with Crippen molar-refractivity contribution in [2.24, 2.45) is 0 Å². The lowest BCUT2D eigenvalue weighted by atomic mass is 10.6. The second-order valence-corrected chi connectivity index (χ2v) is 5.47. The van der Waals surface area contributed by atoms with Crippen LogP contribution in [0.1, 0.15) is 6.42 Å². The molecule has 0 amide bonds. The van der Waals surface area contributed by atoms with Crippen molar-refractivity contribution in [3.63, 3.8) is 0 Å². The zero-order chi connectivity index (χ0) is 5.70. The fourth-order valence-corrected chi connectivity index (χ4v) is 1.61. The Labute approximate surface area is 59.5 Å². The van der Waals surface area contributed by atoms with Crippen LogP contribution in [0.4, 0.5) is 0 Å². The predicted molar refractivity (Wildman–Crippen MR) is 38.8 cm³/mol. The SMILES string of the molecule is ClCCCP(Cl)Cl. The third kappa shape index (κ3) is 7.30. The van der Waals surface area contributed by atoms with Crippen LogP contribution in [-0.4, -0.2) is 12.0 Å². The standard InChI is InChI=1S/C3H6Cl3P/c4-2-1-3-7(5)6/h1-3H2. The van der Waals surface area contributed by atoms with Gasteiger partial charge in [0.2, 0.25) is 0 Å². The van der Waals surface area contributed by atoms with Gasteiger partial charge in [0.1, 0.15) is 0 Å². The van der Waals surface area contributed by atoms with Gasteiger partial charge in [-0.05, 0) is 12.6 Å². The first-order valence-electron chi connectivity index (χ1n) is 1.92. The van der Waals surface area contributed by atoms with Crippen molar-refractivity contribution in [1.29, 1.82) is 0 Å². The summed E-state index contributed by atoms with van der Waals surface area (Å²) >= 11 is 16.2. The maximum atomic E-state index is 5.43. The molecule has 0 rings (SSSR count). The summed E-state index contributed by atoms with van der Waals surface area (Å²) in [5.41, 5.74) is 0. The lowest BCUT2D eigenvalue weighted by Crippen LogP contribution is -1.75. The van der Waals surface area contributed by atoms with Gasteiger partial charge in [-0.2, -0.15) is 0 Å². The Hall–Kier alpha value is 1.30. The summed E-state index contributed by atoms with van der Waals surface area (Å²) in [6.45, 7) is -0.746. The molecule has 0 aromatic carbocycles. The zero-order valence-electron chi connectivity index (χ0n) is 3.70. The van der Waals surface area contributed by atoms with Crippen molar-refractivity contribution in [2.75, 3.05) is 12.0 Å². The van der Waals surface area contributed by atoms with E-state index >= 15 is 0 Å². The fraction of sp³-hybridized carbons (Fsp3) is 1.00. The van der Waals surface area contributed by atoms with Gasteiger partial charge in [0.15, 0.2) is 0 Å². The second kappa shape index (κ2) is 5.44. The van der Waals surface area contributed by atoms with Crippen LogP contribution in [0, 0.1) is 0 Å². The van der Waals surface area contributed by atoms with Crippen LogP contribution in [0.3, 0.4) is 0 Å². The highest BCUT2D eigenvalue weighted by Gasteiger charge is 1.94. The van der Waals surface area contributed by atoms with Gasteiger partial charge in [0, 0.05) is 5.88 Å². The van der Waals surface area contributed by atoms with Crippen LogP contribution in [0.2, 0.25) is 0 Å². The van der Waals surface area contributed by atoms with Crippen molar-refractivity contribution in [2.45, 2.75) is 6.42 Å². The summed E-state index contributed by atoms with van der Waals surface area (Å²) in [5, 5.41) is 0. The Morgan fingerprint density at radius 2 is 1.86 bits per heavy atom. The number of halogens is 3. The number of rotatable bonds is 3. The third-order valence-corrected chi connectivity index (χ3v) is 2.40. The minimum atomic E-state index is -0.746. The molecular weight excluding hydrogens is 173 g/mol. The van der Waals surface area contributed by atoms with Crippen molar-refractivity contribution in [3.05, 3.63) is 0 Å². The minimum Gasteiger partial charge on any atom is -0.127 e. The summed E-state index contributed by atoms with van der Waals surface area (Å²) in [7, 11) is 0. The number of alkyl halides is 1. The predicted octanol–water partition coefficient (Wildman–Crippen LogP) is 3.40. The van der Waals surface area contributed by atoms with Gasteiger partial charge < -0.3 is 0 Å². The van der Waals surface area contributed by atoms with Gasteiger partial charge in [-0.3, -0.25) is 0 Å². The van der Waals surface area contributed by atoms with E-state index in [9.17, 15) is 0 Å². The molecule has 7 heavy (non-hydrogen) atoms. The van der Waals surface area contributed by atoms with Gasteiger partial charge >= 0.3 is 0 Å². The van der Waals surface area contributed by atoms with Gasteiger partial charge in [-0.25, -0.2) is 0 Å². The molecule has 0 spiro atoms. The Kier molecular flexibility index (Phi) is 6.45. The third-order valence-electron chi connectivity index (χ3n) is 0.461. The van der Waals surface area contributed by atoms with Crippen LogP contribution in [0.5, 0.6) is 0 Å². The largest absolute Gasteiger partial charge is 0.127 e. The van der Waals surface area contributed by atoms with E-state index in [2.05, 4.69) is 0 Å². The molecule has 0 aromatic heterocycles. The molecule has 0 unspecified atom stereocenters. The normalized spacial score (nSPS) is 10.3. The second-order valence-electron chi connectivity index (χ2n) is 1.07. The topological polar surface area (TPSA) is 0 Å². The highest BCUT2D eigenvalue weighted by Crippen LogP contribution is 2.46. The highest BCUT2D eigenvalue weighted by atomic mass is 35.9. The van der Waals surface area contributed by atoms with Crippen LogP contribution < -0.4 is 0 Å². The van der Waals surface area contributed by atoms with E-state index in [1.165, 1.54) is 0 Å². The fourth-order valence-electron chi connectivity index (χ4n) is 0.179. The molecule has 0 nitrogen and oxygen atoms in total. The van der Waals surface area contributed by atoms with Gasteiger partial charge in [-0.1, -0.05) is 22.5 Å². The Balaban J connectivity index is 2.68. The molecule has 0 saturated carbocycles. The molecule has 0 aliphatic carbocycles. The maximum absolute atomic E-state index is 5.43. The molecule has 0 heterocycles. The van der Waals surface area contributed by atoms with Gasteiger partial charge in [-0.15, -0.1) is 11.6 Å². The Morgan fingerprint density at radius 1 is 1.29 bits per heavy atom. The molecule has 0 aliphatic heterocycles. The summed E-state index contributed by atoms with van der Waals surface area (Å²) < 4.78 is 0. The van der Waals surface area contributed by atoms with Gasteiger partial charge in [0.25, 0.3) is 0 Å². The molecule has 4 heteroatoms. The van der Waals surface area contributed by atoms with Gasteiger partial charge in [0.05, 0.1) is 6.63 Å². The highest BCUT2D eigenvalue weighted by molar-refractivity contribution is 8.03. The van der Waals surface area contributed by atoms with Crippen molar-refractivity contribution < 1.29 is 0 Å². The lowest BCUT2D eigenvalue weighted by Gasteiger charge is -1.93. The van der Waals surface area contributed by atoms with Crippen molar-refractivity contribution >= 4 is 40.7 Å². The molecule has 0 N–H and O–H groups in total. The summed E-state index contributed by atoms with van der Waals surface area (Å²) in [5.74, 6) is 0.665. The Bertz CT molecular complexity index is 39.2. The summed E-state index contributed by atoms with van der Waals surface area (Å²) in [6.07, 6.45) is 1.79. The first kappa shape index (κ1) is 8.30. The zero-order valence-corrected chi connectivity index (χ0v) is 6.86. The van der Waals surface area contributed by atoms with Crippen LogP contribution in [0.25, 0.3) is 0 Å². The molecule has 44 valence electrons. The summed E-state index contributed by atoms with van der Waals surface area (Å²) in [6, 6.07) is 0. The molecule has 0 atom stereocenters. The smallest absolute Gasteiger partial charge is 0.0855 e. The molecule has 0 fully saturated rings. The van der Waals surface area contributed by atoms with E-state index in [0.29, 0.717) is 5.88 Å². The molecule has 0 radical (unpaired) electrons. The average molecular weight is 179 g/mol. The summed E-state index contributed by atoms with van der Waals surface area (Å²) in [4.78, 5) is 0. The average Bonchev–Trinajstić information content (AvgIpc) is 1.61. The number of hydrogen-bond acceptors (Lipinski definition) is 0. The van der Waals surface area contributed by atoms with Crippen LogP contribution >= 0.6 is 40.7 Å². The maximum Gasteiger partial charge on any atom is 0.0855 e. The first-order valence-corrected chi connectivity index (χ1v) is 5.79. The number of hydrogen-bond donors (Lipinski definition) is 0. The molecule has 0 aliphatic rings. The minimum absolute atomic E-state index is 0.665. The van der Waals surface area contributed by atoms with E-state index in [1.54, 1.807) is 0 Å². The molecule has 0 bridgehead atoms. The molecule has 0 aromatic rings. The van der Waals surface area contributed by atoms with E-state index in [0.717, 1.165) is 12.6 Å². The Morgan fingerprint density at radius 3 is 2.00 bits per heavy atom. The lowest BCUT2D eigenvalue weighted by molar-refractivity contribution is 1.11. The van der Waals surface area contributed by atoms with E-state index in [1.807, 2.05) is 0 Å². The molecular formula is C3H6Cl3P. The molecule has 0 saturated heterocycles. The van der Waals surface area contributed by atoms with E-state index in [-0.39, 0.29) is 0 Å². The van der Waals surface area contributed by atoms with E-state index in [4.69, 9.17) is 34.1 Å². The van der Waals surface area contributed by atoms with Crippen LogP contribution in [-0.2, 0) is 0 Å². The van der Waals surface area contributed by atoms with Crippen LogP contribution in [0.15, 0.2) is 0 Å². The van der Waals surface area contributed by atoms with Crippen molar-refractivity contribution in [3.8, 4) is 0 Å².